The van der Waals surface area contributed by atoms with E-state index < -0.39 is 0 Å². The summed E-state index contributed by atoms with van der Waals surface area (Å²) >= 11 is 3.15. The molecule has 0 saturated heterocycles. The number of benzene rings is 2. The predicted octanol–water partition coefficient (Wildman–Crippen LogP) is 4.19. The number of thiazole rings is 1. The summed E-state index contributed by atoms with van der Waals surface area (Å²) in [6.07, 6.45) is 2.01. The quantitative estimate of drug-likeness (QED) is 0.657. The van der Waals surface area contributed by atoms with E-state index in [1.54, 1.807) is 18.9 Å². The lowest BCUT2D eigenvalue weighted by molar-refractivity contribution is 0.0998. The third-order valence-corrected chi connectivity index (χ3v) is 5.53. The molecule has 0 aliphatic rings. The van der Waals surface area contributed by atoms with Crippen LogP contribution in [0.25, 0.3) is 10.2 Å². The summed E-state index contributed by atoms with van der Waals surface area (Å²) in [6, 6.07) is 13.4. The lowest BCUT2D eigenvalue weighted by atomic mass is 10.2. The number of hydrogen-bond acceptors (Lipinski definition) is 4. The summed E-state index contributed by atoms with van der Waals surface area (Å²) in [5.74, 6) is 0.584. The lowest BCUT2D eigenvalue weighted by Gasteiger charge is -2.02. The molecule has 0 spiro atoms. The molecule has 0 aliphatic carbocycles. The van der Waals surface area contributed by atoms with Crippen LogP contribution in [-0.4, -0.2) is 23.8 Å². The maximum absolute atomic E-state index is 12.5. The summed E-state index contributed by atoms with van der Waals surface area (Å²) in [4.78, 5) is 18.7. The van der Waals surface area contributed by atoms with Crippen molar-refractivity contribution < 1.29 is 9.53 Å². The van der Waals surface area contributed by atoms with Crippen molar-refractivity contribution in [2.75, 3.05) is 13.4 Å². The van der Waals surface area contributed by atoms with Gasteiger partial charge in [-0.05, 0) is 55.6 Å². The van der Waals surface area contributed by atoms with Crippen LogP contribution < -0.4 is 9.54 Å². The molecule has 0 N–H and O–H groups in total. The zero-order valence-corrected chi connectivity index (χ0v) is 15.4. The predicted molar refractivity (Wildman–Crippen MR) is 100 cm³/mol. The number of aryl methyl sites for hydroxylation is 1. The molecule has 6 heteroatoms. The summed E-state index contributed by atoms with van der Waals surface area (Å²) in [5, 5.41) is 0. The second-order valence-corrected chi connectivity index (χ2v) is 7.00. The Morgan fingerprint density at radius 2 is 2.00 bits per heavy atom. The second kappa shape index (κ2) is 7.23. The van der Waals surface area contributed by atoms with Crippen molar-refractivity contribution in [2.45, 2.75) is 18.4 Å². The number of carbonyl (C=O) groups is 1. The van der Waals surface area contributed by atoms with Gasteiger partial charge in [-0.25, -0.2) is 0 Å². The van der Waals surface area contributed by atoms with Crippen LogP contribution >= 0.6 is 23.1 Å². The zero-order chi connectivity index (χ0) is 17.1. The number of amides is 1. The van der Waals surface area contributed by atoms with Crippen molar-refractivity contribution in [3.63, 3.8) is 0 Å². The van der Waals surface area contributed by atoms with E-state index in [1.165, 1.54) is 11.3 Å². The van der Waals surface area contributed by atoms with Crippen molar-refractivity contribution >= 4 is 39.2 Å². The Labute approximate surface area is 148 Å². The van der Waals surface area contributed by atoms with Gasteiger partial charge in [0.15, 0.2) is 4.80 Å². The highest BCUT2D eigenvalue weighted by atomic mass is 32.2. The molecule has 2 aromatic carbocycles. The normalized spacial score (nSPS) is 11.9. The van der Waals surface area contributed by atoms with Crippen LogP contribution in [0.15, 0.2) is 52.4 Å². The van der Waals surface area contributed by atoms with E-state index in [9.17, 15) is 4.79 Å². The van der Waals surface area contributed by atoms with Crippen molar-refractivity contribution in [1.29, 1.82) is 0 Å². The average molecular weight is 358 g/mol. The first-order valence-corrected chi connectivity index (χ1v) is 9.61. The molecule has 1 heterocycles. The number of nitrogens with zero attached hydrogens (tertiary/aromatic N) is 2. The first-order chi connectivity index (χ1) is 11.7. The first-order valence-electron chi connectivity index (χ1n) is 7.56. The number of rotatable bonds is 4. The summed E-state index contributed by atoms with van der Waals surface area (Å²) in [6.45, 7) is 2.80. The number of carbonyl (C=O) groups excluding carboxylic acids is 1. The Kier molecular flexibility index (Phi) is 5.06. The summed E-state index contributed by atoms with van der Waals surface area (Å²) in [7, 11) is 1.65. The van der Waals surface area contributed by atoms with Gasteiger partial charge >= 0.3 is 0 Å². The monoisotopic (exact) mass is 358 g/mol. The Morgan fingerprint density at radius 1 is 1.25 bits per heavy atom. The molecule has 0 atom stereocenters. The molecule has 0 bridgehead atoms. The number of methoxy groups -OCH3 is 1. The SMILES string of the molecule is CCn1c(=NC(=O)c2ccc(SC)cc2)sc2cc(OC)ccc21. The van der Waals surface area contributed by atoms with Crippen LogP contribution in [0, 0.1) is 0 Å². The van der Waals surface area contributed by atoms with Gasteiger partial charge in [-0.3, -0.25) is 4.79 Å². The fraction of sp³-hybridized carbons (Fsp3) is 0.222. The minimum Gasteiger partial charge on any atom is -0.497 e. The van der Waals surface area contributed by atoms with E-state index in [0.717, 1.165) is 27.4 Å². The third kappa shape index (κ3) is 3.25. The number of aromatic nitrogens is 1. The van der Waals surface area contributed by atoms with Crippen LogP contribution in [0.3, 0.4) is 0 Å². The van der Waals surface area contributed by atoms with Gasteiger partial charge in [-0.1, -0.05) is 11.3 Å². The lowest BCUT2D eigenvalue weighted by Crippen LogP contribution is -2.15. The summed E-state index contributed by atoms with van der Waals surface area (Å²) in [5.41, 5.74) is 1.66. The van der Waals surface area contributed by atoms with Gasteiger partial charge in [0, 0.05) is 17.0 Å². The van der Waals surface area contributed by atoms with Crippen molar-refractivity contribution in [3.05, 3.63) is 52.8 Å². The van der Waals surface area contributed by atoms with Crippen molar-refractivity contribution in [3.8, 4) is 5.75 Å². The maximum atomic E-state index is 12.5. The molecule has 124 valence electrons. The van der Waals surface area contributed by atoms with Gasteiger partial charge in [0.2, 0.25) is 0 Å². The molecule has 0 radical (unpaired) electrons. The highest BCUT2D eigenvalue weighted by Gasteiger charge is 2.09. The van der Waals surface area contributed by atoms with Crippen LogP contribution in [0.1, 0.15) is 17.3 Å². The smallest absolute Gasteiger partial charge is 0.279 e. The highest BCUT2D eigenvalue weighted by molar-refractivity contribution is 7.98. The molecule has 0 fully saturated rings. The molecule has 0 saturated carbocycles. The number of thioether (sulfide) groups is 1. The fourth-order valence-corrected chi connectivity index (χ4v) is 3.99. The van der Waals surface area contributed by atoms with Crippen LogP contribution in [0.4, 0.5) is 0 Å². The van der Waals surface area contributed by atoms with Crippen molar-refractivity contribution in [2.24, 2.45) is 4.99 Å². The van der Waals surface area contributed by atoms with Gasteiger partial charge < -0.3 is 9.30 Å². The molecule has 0 unspecified atom stereocenters. The van der Waals surface area contributed by atoms with E-state index in [-0.39, 0.29) is 5.91 Å². The van der Waals surface area contributed by atoms with E-state index in [0.29, 0.717) is 10.4 Å². The van der Waals surface area contributed by atoms with Crippen LogP contribution in [-0.2, 0) is 6.54 Å². The van der Waals surface area contributed by atoms with Gasteiger partial charge in [-0.15, -0.1) is 11.8 Å². The highest BCUT2D eigenvalue weighted by Crippen LogP contribution is 2.23. The van der Waals surface area contributed by atoms with Gasteiger partial charge in [0.05, 0.1) is 17.3 Å². The molecule has 3 rings (SSSR count). The summed E-state index contributed by atoms with van der Waals surface area (Å²) < 4.78 is 8.38. The minimum atomic E-state index is -0.219. The molecular weight excluding hydrogens is 340 g/mol. The van der Waals surface area contributed by atoms with Gasteiger partial charge in [0.25, 0.3) is 5.91 Å². The van der Waals surface area contributed by atoms with Crippen LogP contribution in [0.5, 0.6) is 5.75 Å². The Hall–Kier alpha value is -2.05. The van der Waals surface area contributed by atoms with Gasteiger partial charge in [0.1, 0.15) is 5.75 Å². The van der Waals surface area contributed by atoms with E-state index in [4.69, 9.17) is 4.74 Å². The minimum absolute atomic E-state index is 0.219. The second-order valence-electron chi connectivity index (χ2n) is 5.11. The molecule has 3 aromatic rings. The first kappa shape index (κ1) is 16.8. The molecule has 24 heavy (non-hydrogen) atoms. The Morgan fingerprint density at radius 3 is 2.62 bits per heavy atom. The van der Waals surface area contributed by atoms with Crippen LogP contribution in [0.2, 0.25) is 0 Å². The van der Waals surface area contributed by atoms with Crippen molar-refractivity contribution in [1.82, 2.24) is 4.57 Å². The standard InChI is InChI=1S/C18H18N2O2S2/c1-4-20-15-10-7-13(22-2)11-16(15)24-18(20)19-17(21)12-5-8-14(23-3)9-6-12/h5-11H,4H2,1-3H3. The molecule has 4 nitrogen and oxygen atoms in total. The largest absolute Gasteiger partial charge is 0.497 e. The van der Waals surface area contributed by atoms with E-state index >= 15 is 0 Å². The number of hydrogen-bond donors (Lipinski definition) is 0. The van der Waals surface area contributed by atoms with Gasteiger partial charge in [-0.2, -0.15) is 4.99 Å². The molecular formula is C18H18N2O2S2. The third-order valence-electron chi connectivity index (χ3n) is 3.74. The number of ether oxygens (including phenoxy) is 1. The number of fused-ring (bicyclic) bond motifs is 1. The van der Waals surface area contributed by atoms with E-state index in [1.807, 2.05) is 60.2 Å². The molecule has 0 aliphatic heterocycles. The van der Waals surface area contributed by atoms with E-state index in [2.05, 4.69) is 4.99 Å². The fourth-order valence-electron chi connectivity index (χ4n) is 2.46. The molecule has 1 amide bonds. The Balaban J connectivity index is 2.06. The zero-order valence-electron chi connectivity index (χ0n) is 13.8. The Bertz CT molecular complexity index is 940. The average Bonchev–Trinajstić information content (AvgIpc) is 2.97. The molecule has 1 aromatic heterocycles. The maximum Gasteiger partial charge on any atom is 0.279 e. The topological polar surface area (TPSA) is 43.6 Å².